The van der Waals surface area contributed by atoms with Gasteiger partial charge in [0, 0.05) is 0 Å². The van der Waals surface area contributed by atoms with Crippen molar-refractivity contribution in [2.45, 2.75) is 5.60 Å². The predicted octanol–water partition coefficient (Wildman–Crippen LogP) is 2.39. The van der Waals surface area contributed by atoms with E-state index in [4.69, 9.17) is 9.47 Å². The lowest BCUT2D eigenvalue weighted by Gasteiger charge is -2.38. The lowest BCUT2D eigenvalue weighted by molar-refractivity contribution is -0.140. The zero-order chi connectivity index (χ0) is 14.0. The third-order valence-corrected chi connectivity index (χ3v) is 3.55. The van der Waals surface area contributed by atoms with Gasteiger partial charge in [0.25, 0.3) is 0 Å². The molecule has 104 valence electrons. The average Bonchev–Trinajstić information content (AvgIpc) is 2.49. The van der Waals surface area contributed by atoms with Crippen LogP contribution in [0.5, 0.6) is 11.5 Å². The molecule has 0 spiro atoms. The Balaban J connectivity index is 2.08. The van der Waals surface area contributed by atoms with Gasteiger partial charge in [-0.3, -0.25) is 0 Å². The van der Waals surface area contributed by atoms with Gasteiger partial charge in [0.15, 0.2) is 0 Å². The Labute approximate surface area is 117 Å². The summed E-state index contributed by atoms with van der Waals surface area (Å²) in [4.78, 5) is 0. The fourth-order valence-corrected chi connectivity index (χ4v) is 2.49. The predicted molar refractivity (Wildman–Crippen MR) is 73.8 cm³/mol. The van der Waals surface area contributed by atoms with E-state index < -0.39 is 5.60 Å². The van der Waals surface area contributed by atoms with Gasteiger partial charge in [-0.1, -0.05) is 24.3 Å². The van der Waals surface area contributed by atoms with Gasteiger partial charge in [0.2, 0.25) is 0 Å². The van der Waals surface area contributed by atoms with Gasteiger partial charge in [-0.05, 0) is 35.4 Å². The first-order chi connectivity index (χ1) is 9.71. The van der Waals surface area contributed by atoms with Gasteiger partial charge in [0.05, 0.1) is 19.8 Å². The van der Waals surface area contributed by atoms with Crippen LogP contribution in [-0.4, -0.2) is 30.0 Å². The first-order valence-electron chi connectivity index (χ1n) is 6.51. The molecule has 1 aliphatic heterocycles. The second kappa shape index (κ2) is 5.15. The number of rotatable bonds is 2. The number of aromatic hydroxyl groups is 2. The van der Waals surface area contributed by atoms with E-state index in [-0.39, 0.29) is 11.5 Å². The Bertz CT molecular complexity index is 521. The summed E-state index contributed by atoms with van der Waals surface area (Å²) in [6.45, 7) is 1.47. The Hall–Kier alpha value is -2.04. The minimum Gasteiger partial charge on any atom is -0.508 e. The number of hydrogen-bond donors (Lipinski definition) is 2. The minimum atomic E-state index is -0.695. The first-order valence-corrected chi connectivity index (χ1v) is 6.51. The fraction of sp³-hybridized carbons (Fsp3) is 0.250. The second-order valence-electron chi connectivity index (χ2n) is 4.82. The number of benzene rings is 2. The third-order valence-electron chi connectivity index (χ3n) is 3.55. The lowest BCUT2D eigenvalue weighted by Crippen LogP contribution is -2.41. The van der Waals surface area contributed by atoms with Gasteiger partial charge < -0.3 is 19.7 Å². The zero-order valence-corrected chi connectivity index (χ0v) is 11.0. The van der Waals surface area contributed by atoms with Crippen molar-refractivity contribution in [1.29, 1.82) is 0 Å². The summed E-state index contributed by atoms with van der Waals surface area (Å²) in [5.41, 5.74) is 1.14. The Morgan fingerprint density at radius 2 is 1.25 bits per heavy atom. The smallest absolute Gasteiger partial charge is 0.141 e. The van der Waals surface area contributed by atoms with E-state index in [0.29, 0.717) is 19.8 Å². The molecular weight excluding hydrogens is 256 g/mol. The summed E-state index contributed by atoms with van der Waals surface area (Å²) >= 11 is 0. The molecule has 1 fully saturated rings. The standard InChI is InChI=1S/C16H16O4/c17-14-5-1-12(2-6-14)16(11-19-9-10-20-16)13-3-7-15(18)8-4-13/h1-8,17-18H,9-11H2. The van der Waals surface area contributed by atoms with Crippen LogP contribution in [0, 0.1) is 0 Å². The highest BCUT2D eigenvalue weighted by atomic mass is 16.6. The van der Waals surface area contributed by atoms with Crippen molar-refractivity contribution in [3.05, 3.63) is 59.7 Å². The number of ether oxygens (including phenoxy) is 2. The third kappa shape index (κ3) is 2.24. The van der Waals surface area contributed by atoms with E-state index in [1.807, 2.05) is 24.3 Å². The molecule has 20 heavy (non-hydrogen) atoms. The zero-order valence-electron chi connectivity index (χ0n) is 11.0. The fourth-order valence-electron chi connectivity index (χ4n) is 2.49. The molecule has 4 nitrogen and oxygen atoms in total. The molecule has 2 N–H and O–H groups in total. The normalized spacial score (nSPS) is 17.8. The molecule has 0 amide bonds. The summed E-state index contributed by atoms with van der Waals surface area (Å²) < 4.78 is 11.6. The Kier molecular flexibility index (Phi) is 3.34. The van der Waals surface area contributed by atoms with Crippen LogP contribution in [-0.2, 0) is 15.1 Å². The maximum absolute atomic E-state index is 9.44. The lowest BCUT2D eigenvalue weighted by atomic mass is 9.86. The van der Waals surface area contributed by atoms with Crippen molar-refractivity contribution in [2.75, 3.05) is 19.8 Å². The summed E-state index contributed by atoms with van der Waals surface area (Å²) in [5, 5.41) is 18.9. The Morgan fingerprint density at radius 3 is 1.65 bits per heavy atom. The molecule has 0 aromatic heterocycles. The molecule has 1 saturated heterocycles. The summed E-state index contributed by atoms with van der Waals surface area (Å²) in [7, 11) is 0. The second-order valence-corrected chi connectivity index (χ2v) is 4.82. The van der Waals surface area contributed by atoms with E-state index in [1.54, 1.807) is 24.3 Å². The molecule has 0 radical (unpaired) electrons. The highest BCUT2D eigenvalue weighted by molar-refractivity contribution is 5.41. The van der Waals surface area contributed by atoms with E-state index in [9.17, 15) is 10.2 Å². The van der Waals surface area contributed by atoms with Crippen molar-refractivity contribution in [2.24, 2.45) is 0 Å². The van der Waals surface area contributed by atoms with Gasteiger partial charge in [-0.2, -0.15) is 0 Å². The van der Waals surface area contributed by atoms with Gasteiger partial charge in [-0.15, -0.1) is 0 Å². The topological polar surface area (TPSA) is 58.9 Å². The van der Waals surface area contributed by atoms with Crippen LogP contribution in [0.3, 0.4) is 0 Å². The van der Waals surface area contributed by atoms with Crippen LogP contribution in [0.1, 0.15) is 11.1 Å². The van der Waals surface area contributed by atoms with Crippen molar-refractivity contribution < 1.29 is 19.7 Å². The van der Waals surface area contributed by atoms with Crippen LogP contribution in [0.2, 0.25) is 0 Å². The van der Waals surface area contributed by atoms with Gasteiger partial charge in [-0.25, -0.2) is 0 Å². The monoisotopic (exact) mass is 272 g/mol. The molecule has 1 heterocycles. The highest BCUT2D eigenvalue weighted by Gasteiger charge is 2.38. The molecule has 4 heteroatoms. The minimum absolute atomic E-state index is 0.214. The van der Waals surface area contributed by atoms with Crippen molar-refractivity contribution in [3.8, 4) is 11.5 Å². The van der Waals surface area contributed by atoms with E-state index in [1.165, 1.54) is 0 Å². The largest absolute Gasteiger partial charge is 0.508 e. The summed E-state index contributed by atoms with van der Waals surface area (Å²) in [6, 6.07) is 13.9. The Morgan fingerprint density at radius 1 is 0.750 bits per heavy atom. The molecule has 0 unspecified atom stereocenters. The van der Waals surface area contributed by atoms with Gasteiger partial charge >= 0.3 is 0 Å². The maximum Gasteiger partial charge on any atom is 0.141 e. The number of hydrogen-bond acceptors (Lipinski definition) is 4. The SMILES string of the molecule is Oc1ccc(C2(c3ccc(O)cc3)COCCO2)cc1. The quantitative estimate of drug-likeness (QED) is 0.881. The molecule has 2 aromatic rings. The molecule has 0 atom stereocenters. The number of phenolic OH excluding ortho intramolecular Hbond substituents is 2. The van der Waals surface area contributed by atoms with Crippen molar-refractivity contribution in [1.82, 2.24) is 0 Å². The van der Waals surface area contributed by atoms with Crippen LogP contribution >= 0.6 is 0 Å². The summed E-state index contributed by atoms with van der Waals surface area (Å²) in [6.07, 6.45) is 0. The maximum atomic E-state index is 9.44. The molecule has 2 aromatic carbocycles. The first kappa shape index (κ1) is 13.0. The van der Waals surface area contributed by atoms with Crippen molar-refractivity contribution >= 4 is 0 Å². The molecule has 0 bridgehead atoms. The molecule has 3 rings (SSSR count). The number of phenols is 2. The van der Waals surface area contributed by atoms with E-state index in [2.05, 4.69) is 0 Å². The average molecular weight is 272 g/mol. The van der Waals surface area contributed by atoms with E-state index >= 15 is 0 Å². The molecular formula is C16H16O4. The molecule has 1 aliphatic rings. The van der Waals surface area contributed by atoms with Crippen molar-refractivity contribution in [3.63, 3.8) is 0 Å². The van der Waals surface area contributed by atoms with E-state index in [0.717, 1.165) is 11.1 Å². The molecule has 0 aliphatic carbocycles. The van der Waals surface area contributed by atoms with Crippen LogP contribution in [0.15, 0.2) is 48.5 Å². The molecule has 0 saturated carbocycles. The summed E-state index contributed by atoms with van der Waals surface area (Å²) in [5.74, 6) is 0.428. The highest BCUT2D eigenvalue weighted by Crippen LogP contribution is 2.37. The van der Waals surface area contributed by atoms with Crippen LogP contribution < -0.4 is 0 Å². The van der Waals surface area contributed by atoms with Crippen LogP contribution in [0.25, 0.3) is 0 Å². The van der Waals surface area contributed by atoms with Crippen LogP contribution in [0.4, 0.5) is 0 Å². The van der Waals surface area contributed by atoms with Gasteiger partial charge in [0.1, 0.15) is 17.1 Å².